The van der Waals surface area contributed by atoms with E-state index < -0.39 is 28.2 Å². The van der Waals surface area contributed by atoms with Crippen LogP contribution in [0.15, 0.2) is 36.0 Å². The van der Waals surface area contributed by atoms with E-state index in [4.69, 9.17) is 0 Å². The third-order valence-corrected chi connectivity index (χ3v) is 2.19. The first kappa shape index (κ1) is 15.8. The molecule has 0 bridgehead atoms. The zero-order valence-electron chi connectivity index (χ0n) is 10.8. The van der Waals surface area contributed by atoms with Gasteiger partial charge in [-0.3, -0.25) is 19.7 Å². The van der Waals surface area contributed by atoms with Gasteiger partial charge < -0.3 is 10.4 Å². The van der Waals surface area contributed by atoms with Gasteiger partial charge in [-0.2, -0.15) is 5.10 Å². The van der Waals surface area contributed by atoms with Crippen LogP contribution >= 0.6 is 0 Å². The van der Waals surface area contributed by atoms with E-state index >= 15 is 0 Å². The van der Waals surface area contributed by atoms with E-state index in [1.165, 1.54) is 12.1 Å². The topological polar surface area (TPSA) is 134 Å². The van der Waals surface area contributed by atoms with Crippen molar-refractivity contribution in [1.29, 1.82) is 0 Å². The number of carbonyl (C=O) groups excluding carboxylic acids is 2. The van der Waals surface area contributed by atoms with Crippen LogP contribution in [0.1, 0.15) is 5.56 Å². The van der Waals surface area contributed by atoms with Gasteiger partial charge in [-0.15, -0.1) is 6.58 Å². The maximum absolute atomic E-state index is 11.2. The van der Waals surface area contributed by atoms with E-state index in [0.717, 1.165) is 18.3 Å². The Hall–Kier alpha value is -3.23. The SMILES string of the molecule is C=CCNC(=O)C(=O)N/N=C\c1ccc(O)c([N+](=O)[O-])c1. The number of hydrazone groups is 1. The van der Waals surface area contributed by atoms with Crippen LogP contribution in [-0.4, -0.2) is 34.6 Å². The summed E-state index contributed by atoms with van der Waals surface area (Å²) in [5, 5.41) is 25.6. The standard InChI is InChI=1S/C12H12N4O5/c1-2-5-13-11(18)12(19)15-14-7-8-3-4-10(17)9(6-8)16(20)21/h2-4,6-7,17H,1,5H2,(H,13,18)(H,15,19)/b14-7-. The largest absolute Gasteiger partial charge is 0.502 e. The molecule has 0 heterocycles. The first-order valence-corrected chi connectivity index (χ1v) is 5.65. The van der Waals surface area contributed by atoms with Gasteiger partial charge in [-0.05, 0) is 12.1 Å². The predicted molar refractivity (Wildman–Crippen MR) is 73.7 cm³/mol. The molecule has 0 saturated heterocycles. The number of hydrogen-bond acceptors (Lipinski definition) is 6. The van der Waals surface area contributed by atoms with Gasteiger partial charge in [0.05, 0.1) is 11.1 Å². The van der Waals surface area contributed by atoms with Crippen molar-refractivity contribution in [2.24, 2.45) is 5.10 Å². The molecular weight excluding hydrogens is 280 g/mol. The Labute approximate surface area is 119 Å². The van der Waals surface area contributed by atoms with E-state index in [9.17, 15) is 24.8 Å². The lowest BCUT2D eigenvalue weighted by molar-refractivity contribution is -0.385. The highest BCUT2D eigenvalue weighted by Gasteiger charge is 2.13. The summed E-state index contributed by atoms with van der Waals surface area (Å²) in [5.74, 6) is -2.35. The molecule has 0 aliphatic heterocycles. The number of phenols is 1. The molecule has 0 spiro atoms. The summed E-state index contributed by atoms with van der Waals surface area (Å²) in [6.45, 7) is 3.51. The van der Waals surface area contributed by atoms with Gasteiger partial charge in [-0.1, -0.05) is 6.08 Å². The molecule has 0 aliphatic carbocycles. The van der Waals surface area contributed by atoms with E-state index in [1.807, 2.05) is 5.43 Å². The number of nitrogens with zero attached hydrogens (tertiary/aromatic N) is 2. The number of carbonyl (C=O) groups is 2. The quantitative estimate of drug-likeness (QED) is 0.232. The Morgan fingerprint density at radius 3 is 2.76 bits per heavy atom. The lowest BCUT2D eigenvalue weighted by Crippen LogP contribution is -2.37. The molecule has 0 atom stereocenters. The second-order valence-corrected chi connectivity index (χ2v) is 3.70. The van der Waals surface area contributed by atoms with Crippen molar-refractivity contribution in [3.63, 3.8) is 0 Å². The molecule has 0 aromatic heterocycles. The lowest BCUT2D eigenvalue weighted by atomic mass is 10.2. The van der Waals surface area contributed by atoms with Gasteiger partial charge >= 0.3 is 17.5 Å². The van der Waals surface area contributed by atoms with E-state index in [-0.39, 0.29) is 12.1 Å². The van der Waals surface area contributed by atoms with E-state index in [2.05, 4.69) is 17.0 Å². The molecule has 0 radical (unpaired) electrons. The third kappa shape index (κ3) is 4.74. The summed E-state index contributed by atoms with van der Waals surface area (Å²) in [4.78, 5) is 32.3. The van der Waals surface area contributed by atoms with Crippen LogP contribution in [0.5, 0.6) is 5.75 Å². The van der Waals surface area contributed by atoms with Gasteiger partial charge in [-0.25, -0.2) is 5.43 Å². The Morgan fingerprint density at radius 2 is 2.14 bits per heavy atom. The average Bonchev–Trinajstić information content (AvgIpc) is 2.45. The second-order valence-electron chi connectivity index (χ2n) is 3.70. The average molecular weight is 292 g/mol. The Morgan fingerprint density at radius 1 is 1.43 bits per heavy atom. The van der Waals surface area contributed by atoms with Crippen molar-refractivity contribution in [2.45, 2.75) is 0 Å². The number of phenolic OH excluding ortho intramolecular Hbond substituents is 1. The zero-order chi connectivity index (χ0) is 15.8. The van der Waals surface area contributed by atoms with Gasteiger partial charge in [0.15, 0.2) is 5.75 Å². The molecular formula is C12H12N4O5. The monoisotopic (exact) mass is 292 g/mol. The fourth-order valence-corrected chi connectivity index (χ4v) is 1.23. The van der Waals surface area contributed by atoms with Crippen molar-refractivity contribution in [3.8, 4) is 5.75 Å². The summed E-state index contributed by atoms with van der Waals surface area (Å²) in [6.07, 6.45) is 2.51. The molecule has 1 rings (SSSR count). The molecule has 0 unspecified atom stereocenters. The summed E-state index contributed by atoms with van der Waals surface area (Å²) in [5.41, 5.74) is 1.73. The molecule has 2 amide bonds. The minimum Gasteiger partial charge on any atom is -0.502 e. The van der Waals surface area contributed by atoms with Crippen LogP contribution in [0.3, 0.4) is 0 Å². The maximum Gasteiger partial charge on any atom is 0.329 e. The summed E-state index contributed by atoms with van der Waals surface area (Å²) in [6, 6.07) is 3.55. The number of rotatable bonds is 5. The molecule has 9 heteroatoms. The van der Waals surface area contributed by atoms with Crippen LogP contribution in [0.2, 0.25) is 0 Å². The number of aromatic hydroxyl groups is 1. The number of nitro groups is 1. The molecule has 1 aromatic carbocycles. The highest BCUT2D eigenvalue weighted by molar-refractivity contribution is 6.35. The van der Waals surface area contributed by atoms with Crippen molar-refractivity contribution < 1.29 is 19.6 Å². The molecule has 110 valence electrons. The van der Waals surface area contributed by atoms with Crippen LogP contribution < -0.4 is 10.7 Å². The molecule has 3 N–H and O–H groups in total. The molecule has 0 aliphatic rings. The van der Waals surface area contributed by atoms with Crippen molar-refractivity contribution in [3.05, 3.63) is 46.5 Å². The summed E-state index contributed by atoms with van der Waals surface area (Å²) < 4.78 is 0. The second kappa shape index (κ2) is 7.38. The molecule has 0 saturated carbocycles. The first-order valence-electron chi connectivity index (χ1n) is 5.65. The Balaban J connectivity index is 2.67. The van der Waals surface area contributed by atoms with Gasteiger partial charge in [0.25, 0.3) is 0 Å². The van der Waals surface area contributed by atoms with Crippen LogP contribution in [0, 0.1) is 10.1 Å². The Kier molecular flexibility index (Phi) is 5.56. The molecule has 0 fully saturated rings. The van der Waals surface area contributed by atoms with Crippen molar-refractivity contribution in [1.82, 2.24) is 10.7 Å². The number of nitro benzene ring substituents is 1. The minimum absolute atomic E-state index is 0.139. The van der Waals surface area contributed by atoms with E-state index in [1.54, 1.807) is 0 Å². The van der Waals surface area contributed by atoms with Crippen LogP contribution in [0.25, 0.3) is 0 Å². The number of benzene rings is 1. The molecule has 1 aromatic rings. The van der Waals surface area contributed by atoms with Gasteiger partial charge in [0.1, 0.15) is 0 Å². The fourth-order valence-electron chi connectivity index (χ4n) is 1.23. The molecule has 9 nitrogen and oxygen atoms in total. The van der Waals surface area contributed by atoms with E-state index in [0.29, 0.717) is 0 Å². The Bertz CT molecular complexity index is 612. The number of nitrogens with one attached hydrogen (secondary N) is 2. The normalized spacial score (nSPS) is 10.1. The zero-order valence-corrected chi connectivity index (χ0v) is 10.8. The minimum atomic E-state index is -0.985. The first-order chi connectivity index (χ1) is 9.95. The van der Waals surface area contributed by atoms with Crippen molar-refractivity contribution >= 4 is 23.7 Å². The number of amides is 2. The lowest BCUT2D eigenvalue weighted by Gasteiger charge is -2.00. The van der Waals surface area contributed by atoms with Gasteiger partial charge in [0.2, 0.25) is 0 Å². The number of hydrogen-bond donors (Lipinski definition) is 3. The summed E-state index contributed by atoms with van der Waals surface area (Å²) in [7, 11) is 0. The van der Waals surface area contributed by atoms with Crippen molar-refractivity contribution in [2.75, 3.05) is 6.54 Å². The van der Waals surface area contributed by atoms with Gasteiger partial charge in [0, 0.05) is 18.2 Å². The highest BCUT2D eigenvalue weighted by Crippen LogP contribution is 2.25. The highest BCUT2D eigenvalue weighted by atomic mass is 16.6. The molecule has 21 heavy (non-hydrogen) atoms. The smallest absolute Gasteiger partial charge is 0.329 e. The third-order valence-electron chi connectivity index (χ3n) is 2.19. The summed E-state index contributed by atoms with van der Waals surface area (Å²) >= 11 is 0. The van der Waals surface area contributed by atoms with Crippen LogP contribution in [-0.2, 0) is 9.59 Å². The predicted octanol–water partition coefficient (Wildman–Crippen LogP) is 0.0527. The maximum atomic E-state index is 11.2. The fraction of sp³-hybridized carbons (Fsp3) is 0.0833. The van der Waals surface area contributed by atoms with Crippen LogP contribution in [0.4, 0.5) is 5.69 Å².